The van der Waals surface area contributed by atoms with E-state index in [1.807, 2.05) is 30.3 Å². The molecule has 0 atom stereocenters. The minimum absolute atomic E-state index is 0.0503. The summed E-state index contributed by atoms with van der Waals surface area (Å²) in [4.78, 5) is 10.9. The van der Waals surface area contributed by atoms with Gasteiger partial charge in [0.15, 0.2) is 0 Å². The Bertz CT molecular complexity index is 520. The highest BCUT2D eigenvalue weighted by atomic mass is 35.5. The lowest BCUT2D eigenvalue weighted by Gasteiger charge is -2.06. The van der Waals surface area contributed by atoms with Crippen LogP contribution in [0.4, 0.5) is 0 Å². The number of fused-ring (bicyclic) bond motifs is 1. The number of carbonyl (C=O) groups excluding carboxylic acids is 1. The minimum atomic E-state index is -0.471. The molecule has 2 aromatic rings. The first-order valence-electron chi connectivity index (χ1n) is 4.56. The van der Waals surface area contributed by atoms with Gasteiger partial charge in [-0.25, -0.2) is 0 Å². The first-order valence-corrected chi connectivity index (χ1v) is 4.94. The lowest BCUT2D eigenvalue weighted by Crippen LogP contribution is -1.95. The minimum Gasteiger partial charge on any atom is -0.508 e. The van der Waals surface area contributed by atoms with Crippen molar-refractivity contribution < 1.29 is 9.90 Å². The van der Waals surface area contributed by atoms with Crippen molar-refractivity contribution in [3.8, 4) is 5.75 Å². The van der Waals surface area contributed by atoms with Crippen molar-refractivity contribution in [2.45, 2.75) is 6.42 Å². The van der Waals surface area contributed by atoms with Crippen molar-refractivity contribution in [2.75, 3.05) is 0 Å². The number of hydrogen-bond donors (Lipinski definition) is 1. The number of hydrogen-bond acceptors (Lipinski definition) is 2. The average Bonchev–Trinajstić information content (AvgIpc) is 2.22. The fourth-order valence-electron chi connectivity index (χ4n) is 1.65. The summed E-state index contributed by atoms with van der Waals surface area (Å²) in [5.41, 5.74) is 0.591. The van der Waals surface area contributed by atoms with E-state index in [2.05, 4.69) is 0 Å². The van der Waals surface area contributed by atoms with Gasteiger partial charge in [-0.1, -0.05) is 30.3 Å². The van der Waals surface area contributed by atoms with Crippen molar-refractivity contribution in [3.05, 3.63) is 42.0 Å². The molecule has 0 fully saturated rings. The average molecular weight is 221 g/mol. The summed E-state index contributed by atoms with van der Waals surface area (Å²) < 4.78 is 0. The third-order valence-corrected chi connectivity index (χ3v) is 2.47. The molecule has 0 saturated heterocycles. The van der Waals surface area contributed by atoms with Gasteiger partial charge in [0.1, 0.15) is 5.75 Å². The highest BCUT2D eigenvalue weighted by molar-refractivity contribution is 6.63. The third-order valence-electron chi connectivity index (χ3n) is 2.33. The van der Waals surface area contributed by atoms with E-state index in [4.69, 9.17) is 11.6 Å². The Balaban J connectivity index is 2.68. The summed E-state index contributed by atoms with van der Waals surface area (Å²) in [7, 11) is 0. The molecule has 0 amide bonds. The Labute approximate surface area is 92.1 Å². The van der Waals surface area contributed by atoms with E-state index in [-0.39, 0.29) is 12.2 Å². The van der Waals surface area contributed by atoms with Crippen LogP contribution in [0.1, 0.15) is 5.56 Å². The predicted molar refractivity (Wildman–Crippen MR) is 60.2 cm³/mol. The fraction of sp³-hybridized carbons (Fsp3) is 0.0833. The summed E-state index contributed by atoms with van der Waals surface area (Å²) in [6.07, 6.45) is 0.0503. The van der Waals surface area contributed by atoms with Gasteiger partial charge in [-0.05, 0) is 28.4 Å². The van der Waals surface area contributed by atoms with E-state index >= 15 is 0 Å². The van der Waals surface area contributed by atoms with Crippen LogP contribution in [-0.4, -0.2) is 10.3 Å². The molecule has 0 aliphatic rings. The molecule has 2 nitrogen and oxygen atoms in total. The molecule has 15 heavy (non-hydrogen) atoms. The quantitative estimate of drug-likeness (QED) is 0.791. The van der Waals surface area contributed by atoms with Crippen LogP contribution in [0.3, 0.4) is 0 Å². The van der Waals surface area contributed by atoms with Crippen LogP contribution in [0.25, 0.3) is 10.8 Å². The first-order chi connectivity index (χ1) is 7.18. The molecule has 0 heterocycles. The lowest BCUT2D eigenvalue weighted by atomic mass is 10.0. The number of rotatable bonds is 2. The standard InChI is InChI=1S/C12H9ClO2/c13-12(15)7-10-9-4-2-1-3-8(9)5-6-11(10)14/h1-6,14H,7H2. The highest BCUT2D eigenvalue weighted by Crippen LogP contribution is 2.27. The molecular formula is C12H9ClO2. The zero-order valence-electron chi connectivity index (χ0n) is 7.90. The Hall–Kier alpha value is -1.54. The largest absolute Gasteiger partial charge is 0.508 e. The fourth-order valence-corrected chi connectivity index (χ4v) is 1.78. The summed E-state index contributed by atoms with van der Waals surface area (Å²) in [5, 5.41) is 11.0. The molecule has 0 aliphatic carbocycles. The number of halogens is 1. The van der Waals surface area contributed by atoms with Gasteiger partial charge in [0.05, 0.1) is 6.42 Å². The Morgan fingerprint density at radius 3 is 2.67 bits per heavy atom. The SMILES string of the molecule is O=C(Cl)Cc1c(O)ccc2ccccc12. The van der Waals surface area contributed by atoms with Gasteiger partial charge in [-0.15, -0.1) is 0 Å². The van der Waals surface area contributed by atoms with Crippen LogP contribution in [0, 0.1) is 0 Å². The van der Waals surface area contributed by atoms with Crippen LogP contribution in [-0.2, 0) is 11.2 Å². The molecule has 0 radical (unpaired) electrons. The molecule has 0 aliphatic heterocycles. The Morgan fingerprint density at radius 2 is 1.93 bits per heavy atom. The second-order valence-corrected chi connectivity index (χ2v) is 3.74. The second-order valence-electron chi connectivity index (χ2n) is 3.32. The van der Waals surface area contributed by atoms with Crippen LogP contribution < -0.4 is 0 Å². The molecular weight excluding hydrogens is 212 g/mol. The molecule has 2 aromatic carbocycles. The zero-order valence-corrected chi connectivity index (χ0v) is 8.66. The summed E-state index contributed by atoms with van der Waals surface area (Å²) in [5.74, 6) is 0.114. The number of aromatic hydroxyl groups is 1. The van der Waals surface area contributed by atoms with E-state index in [9.17, 15) is 9.90 Å². The van der Waals surface area contributed by atoms with Gasteiger partial charge in [0.25, 0.3) is 0 Å². The summed E-state index contributed by atoms with van der Waals surface area (Å²) in [6.45, 7) is 0. The van der Waals surface area contributed by atoms with Crippen molar-refractivity contribution in [3.63, 3.8) is 0 Å². The Morgan fingerprint density at radius 1 is 1.20 bits per heavy atom. The molecule has 76 valence electrons. The first kappa shape index (κ1) is 9.99. The van der Waals surface area contributed by atoms with Gasteiger partial charge < -0.3 is 5.11 Å². The molecule has 0 aromatic heterocycles. The van der Waals surface area contributed by atoms with E-state index in [0.717, 1.165) is 10.8 Å². The summed E-state index contributed by atoms with van der Waals surface area (Å²) >= 11 is 5.33. The van der Waals surface area contributed by atoms with E-state index < -0.39 is 5.24 Å². The van der Waals surface area contributed by atoms with Crippen LogP contribution in [0.15, 0.2) is 36.4 Å². The Kier molecular flexibility index (Phi) is 2.60. The van der Waals surface area contributed by atoms with Crippen LogP contribution in [0.2, 0.25) is 0 Å². The smallest absolute Gasteiger partial charge is 0.226 e. The molecule has 2 rings (SSSR count). The number of phenols is 1. The maximum atomic E-state index is 10.9. The predicted octanol–water partition coefficient (Wildman–Crippen LogP) is 2.85. The van der Waals surface area contributed by atoms with Crippen LogP contribution >= 0.6 is 11.6 Å². The van der Waals surface area contributed by atoms with Crippen molar-refractivity contribution in [1.29, 1.82) is 0 Å². The third kappa shape index (κ3) is 1.95. The van der Waals surface area contributed by atoms with Crippen LogP contribution in [0.5, 0.6) is 5.75 Å². The van der Waals surface area contributed by atoms with Crippen molar-refractivity contribution >= 4 is 27.6 Å². The van der Waals surface area contributed by atoms with E-state index in [0.29, 0.717) is 5.56 Å². The molecule has 0 saturated carbocycles. The number of carbonyl (C=O) groups is 1. The summed E-state index contributed by atoms with van der Waals surface area (Å²) in [6, 6.07) is 11.0. The normalized spacial score (nSPS) is 10.5. The highest BCUT2D eigenvalue weighted by Gasteiger charge is 2.09. The molecule has 0 bridgehead atoms. The van der Waals surface area contributed by atoms with Gasteiger partial charge in [0.2, 0.25) is 5.24 Å². The zero-order chi connectivity index (χ0) is 10.8. The molecule has 3 heteroatoms. The maximum absolute atomic E-state index is 10.9. The number of phenolic OH excluding ortho intramolecular Hbond substituents is 1. The van der Waals surface area contributed by atoms with E-state index in [1.54, 1.807) is 6.07 Å². The van der Waals surface area contributed by atoms with Gasteiger partial charge in [-0.2, -0.15) is 0 Å². The van der Waals surface area contributed by atoms with E-state index in [1.165, 1.54) is 0 Å². The van der Waals surface area contributed by atoms with Gasteiger partial charge in [-0.3, -0.25) is 4.79 Å². The molecule has 0 unspecified atom stereocenters. The monoisotopic (exact) mass is 220 g/mol. The topological polar surface area (TPSA) is 37.3 Å². The molecule has 1 N–H and O–H groups in total. The second kappa shape index (κ2) is 3.91. The van der Waals surface area contributed by atoms with Gasteiger partial charge in [0, 0.05) is 5.56 Å². The number of benzene rings is 2. The van der Waals surface area contributed by atoms with Crippen molar-refractivity contribution in [1.82, 2.24) is 0 Å². The molecule has 0 spiro atoms. The van der Waals surface area contributed by atoms with Gasteiger partial charge >= 0.3 is 0 Å². The maximum Gasteiger partial charge on any atom is 0.226 e. The lowest BCUT2D eigenvalue weighted by molar-refractivity contribution is -0.111. The van der Waals surface area contributed by atoms with Crippen molar-refractivity contribution in [2.24, 2.45) is 0 Å².